The van der Waals surface area contributed by atoms with Gasteiger partial charge in [-0.1, -0.05) is 30.4 Å². The topological polar surface area (TPSA) is 71.1 Å². The largest absolute Gasteiger partial charge is 0.489 e. The van der Waals surface area contributed by atoms with Gasteiger partial charge in [-0.15, -0.1) is 0 Å². The van der Waals surface area contributed by atoms with E-state index in [1.807, 2.05) is 40.1 Å². The molecule has 1 aromatic carbocycles. The number of morpholine rings is 1. The molecule has 7 nitrogen and oxygen atoms in total. The third-order valence-electron chi connectivity index (χ3n) is 6.24. The van der Waals surface area contributed by atoms with Crippen LogP contribution in [0.5, 0.6) is 5.75 Å². The Morgan fingerprint density at radius 2 is 1.97 bits per heavy atom. The number of carbonyl (C=O) groups is 2. The van der Waals surface area contributed by atoms with Gasteiger partial charge < -0.3 is 24.6 Å². The highest BCUT2D eigenvalue weighted by Gasteiger charge is 2.32. The highest BCUT2D eigenvalue weighted by molar-refractivity contribution is 5.79. The zero-order chi connectivity index (χ0) is 20.8. The molecule has 0 spiro atoms. The van der Waals surface area contributed by atoms with Crippen LogP contribution in [-0.4, -0.2) is 74.2 Å². The summed E-state index contributed by atoms with van der Waals surface area (Å²) in [6.07, 6.45) is 5.55. The van der Waals surface area contributed by atoms with Crippen LogP contribution in [-0.2, 0) is 20.9 Å². The van der Waals surface area contributed by atoms with Crippen molar-refractivity contribution in [2.24, 2.45) is 11.8 Å². The maximum Gasteiger partial charge on any atom is 0.236 e. The minimum atomic E-state index is 0.115. The van der Waals surface area contributed by atoms with Crippen LogP contribution in [0, 0.1) is 11.8 Å². The van der Waals surface area contributed by atoms with E-state index in [4.69, 9.17) is 9.47 Å². The number of rotatable bonds is 2. The van der Waals surface area contributed by atoms with E-state index in [0.717, 1.165) is 17.7 Å². The second kappa shape index (κ2) is 10.1. The molecule has 162 valence electrons. The number of benzene rings is 1. The lowest BCUT2D eigenvalue weighted by Gasteiger charge is -2.38. The number of carbonyl (C=O) groups excluding carboxylic acids is 2. The Morgan fingerprint density at radius 3 is 2.83 bits per heavy atom. The molecule has 0 unspecified atom stereocenters. The third-order valence-corrected chi connectivity index (χ3v) is 6.24. The van der Waals surface area contributed by atoms with Crippen molar-refractivity contribution >= 4 is 11.8 Å². The van der Waals surface area contributed by atoms with Gasteiger partial charge in [0.25, 0.3) is 0 Å². The molecule has 0 aromatic heterocycles. The zero-order valence-corrected chi connectivity index (χ0v) is 17.4. The van der Waals surface area contributed by atoms with Crippen LogP contribution >= 0.6 is 0 Å². The van der Waals surface area contributed by atoms with E-state index in [-0.39, 0.29) is 23.7 Å². The number of hydrogen-bond donors (Lipinski definition) is 1. The summed E-state index contributed by atoms with van der Waals surface area (Å²) in [6.45, 7) is 5.34. The third kappa shape index (κ3) is 5.21. The molecule has 2 atom stereocenters. The number of ether oxygens (including phenoxy) is 2. The first-order valence-electron chi connectivity index (χ1n) is 10.9. The number of nitrogens with zero attached hydrogens (tertiary/aromatic N) is 2. The van der Waals surface area contributed by atoms with Crippen LogP contribution in [0.25, 0.3) is 0 Å². The summed E-state index contributed by atoms with van der Waals surface area (Å²) < 4.78 is 11.3. The van der Waals surface area contributed by atoms with Crippen LogP contribution in [0.2, 0.25) is 0 Å². The Balaban J connectivity index is 1.45. The first kappa shape index (κ1) is 20.9. The van der Waals surface area contributed by atoms with E-state index in [2.05, 4.69) is 11.4 Å². The molecule has 4 rings (SSSR count). The Labute approximate surface area is 178 Å². The maximum atomic E-state index is 12.8. The molecule has 0 saturated carbocycles. The Bertz CT molecular complexity index is 775. The van der Waals surface area contributed by atoms with Crippen LogP contribution < -0.4 is 10.1 Å². The molecule has 1 aromatic rings. The predicted octanol–water partition coefficient (Wildman–Crippen LogP) is 1.44. The predicted molar refractivity (Wildman–Crippen MR) is 113 cm³/mol. The summed E-state index contributed by atoms with van der Waals surface area (Å²) in [7, 11) is 0. The van der Waals surface area contributed by atoms with Crippen molar-refractivity contribution in [3.8, 4) is 5.75 Å². The van der Waals surface area contributed by atoms with E-state index in [1.54, 1.807) is 0 Å². The molecule has 2 fully saturated rings. The van der Waals surface area contributed by atoms with E-state index in [9.17, 15) is 9.59 Å². The van der Waals surface area contributed by atoms with Crippen LogP contribution in [0.1, 0.15) is 18.4 Å². The first-order chi connectivity index (χ1) is 14.7. The molecule has 3 aliphatic heterocycles. The number of para-hydroxylation sites is 1. The normalized spacial score (nSPS) is 26.5. The summed E-state index contributed by atoms with van der Waals surface area (Å²) in [4.78, 5) is 29.4. The van der Waals surface area contributed by atoms with Gasteiger partial charge in [0, 0.05) is 44.7 Å². The number of fused-ring (bicyclic) bond motifs is 3. The first-order valence-corrected chi connectivity index (χ1v) is 10.9. The second-order valence-corrected chi connectivity index (χ2v) is 8.20. The minimum Gasteiger partial charge on any atom is -0.489 e. The summed E-state index contributed by atoms with van der Waals surface area (Å²) >= 11 is 0. The molecule has 0 aliphatic carbocycles. The van der Waals surface area contributed by atoms with Gasteiger partial charge in [-0.2, -0.15) is 0 Å². The van der Waals surface area contributed by atoms with Crippen LogP contribution in [0.3, 0.4) is 0 Å². The Morgan fingerprint density at radius 1 is 1.13 bits per heavy atom. The van der Waals surface area contributed by atoms with Crippen molar-refractivity contribution < 1.29 is 19.1 Å². The monoisotopic (exact) mass is 413 g/mol. The summed E-state index contributed by atoms with van der Waals surface area (Å²) in [5, 5.41) is 3.26. The van der Waals surface area contributed by atoms with Crippen LogP contribution in [0.4, 0.5) is 0 Å². The van der Waals surface area contributed by atoms with Crippen molar-refractivity contribution in [3.05, 3.63) is 42.0 Å². The van der Waals surface area contributed by atoms with Crippen molar-refractivity contribution in [3.63, 3.8) is 0 Å². The lowest BCUT2D eigenvalue weighted by molar-refractivity contribution is -0.137. The van der Waals surface area contributed by atoms with Gasteiger partial charge in [-0.05, 0) is 24.3 Å². The van der Waals surface area contributed by atoms with Crippen molar-refractivity contribution in [1.29, 1.82) is 0 Å². The average molecular weight is 414 g/mol. The molecule has 30 heavy (non-hydrogen) atoms. The quantitative estimate of drug-likeness (QED) is 0.743. The standard InChI is InChI=1S/C23H31N3O4/c27-22(25-9-12-29-13-10-25)14-18-7-8-26-17-20(18)5-3-11-30-21-6-2-1-4-19(21)15-24-16-23(26)28/h1-6,18,20,24H,7-17H2/b5-3-/t18-,20-/m0/s1. The van der Waals surface area contributed by atoms with Crippen LogP contribution in [0.15, 0.2) is 36.4 Å². The van der Waals surface area contributed by atoms with Gasteiger partial charge in [0.15, 0.2) is 0 Å². The molecule has 2 amide bonds. The SMILES string of the molecule is O=C(C[C@@H]1CCN2C[C@@H]1/C=C\COc1ccccc1CNCC2=O)N1CCOCC1. The fourth-order valence-electron chi connectivity index (χ4n) is 4.47. The molecule has 1 N–H and O–H groups in total. The highest BCUT2D eigenvalue weighted by atomic mass is 16.5. The highest BCUT2D eigenvalue weighted by Crippen LogP contribution is 2.29. The van der Waals surface area contributed by atoms with Gasteiger partial charge in [0.2, 0.25) is 11.8 Å². The van der Waals surface area contributed by atoms with Gasteiger partial charge in [-0.25, -0.2) is 0 Å². The van der Waals surface area contributed by atoms with Crippen molar-refractivity contribution in [2.75, 3.05) is 52.5 Å². The Kier molecular flexibility index (Phi) is 7.02. The lowest BCUT2D eigenvalue weighted by Crippen LogP contribution is -2.48. The lowest BCUT2D eigenvalue weighted by atomic mass is 9.82. The molecule has 0 radical (unpaired) electrons. The molecule has 7 heteroatoms. The molecule has 2 bridgehead atoms. The molecule has 2 saturated heterocycles. The molecule has 3 heterocycles. The number of hydrogen-bond acceptors (Lipinski definition) is 5. The van der Waals surface area contributed by atoms with E-state index >= 15 is 0 Å². The molecular weight excluding hydrogens is 382 g/mol. The minimum absolute atomic E-state index is 0.115. The van der Waals surface area contributed by atoms with E-state index in [0.29, 0.717) is 65.5 Å². The molecular formula is C23H31N3O4. The second-order valence-electron chi connectivity index (χ2n) is 8.20. The van der Waals surface area contributed by atoms with Crippen molar-refractivity contribution in [2.45, 2.75) is 19.4 Å². The summed E-state index contributed by atoms with van der Waals surface area (Å²) in [6, 6.07) is 7.91. The van der Waals surface area contributed by atoms with E-state index in [1.165, 1.54) is 0 Å². The fraction of sp³-hybridized carbons (Fsp3) is 0.565. The van der Waals surface area contributed by atoms with Crippen molar-refractivity contribution in [1.82, 2.24) is 15.1 Å². The molecule has 3 aliphatic rings. The fourth-order valence-corrected chi connectivity index (χ4v) is 4.47. The summed E-state index contributed by atoms with van der Waals surface area (Å²) in [5.74, 6) is 1.55. The number of piperidine rings is 1. The smallest absolute Gasteiger partial charge is 0.236 e. The summed E-state index contributed by atoms with van der Waals surface area (Å²) in [5.41, 5.74) is 1.05. The van der Waals surface area contributed by atoms with Gasteiger partial charge in [-0.3, -0.25) is 9.59 Å². The number of nitrogens with one attached hydrogen (secondary N) is 1. The number of amides is 2. The maximum absolute atomic E-state index is 12.8. The Hall–Kier alpha value is -2.38. The van der Waals surface area contributed by atoms with Gasteiger partial charge in [0.1, 0.15) is 12.4 Å². The zero-order valence-electron chi connectivity index (χ0n) is 17.4. The van der Waals surface area contributed by atoms with Gasteiger partial charge in [0.05, 0.1) is 19.8 Å². The van der Waals surface area contributed by atoms with E-state index < -0.39 is 0 Å². The average Bonchev–Trinajstić information content (AvgIpc) is 2.79. The van der Waals surface area contributed by atoms with Gasteiger partial charge >= 0.3 is 0 Å².